The van der Waals surface area contributed by atoms with Gasteiger partial charge in [-0.15, -0.1) is 0 Å². The van der Waals surface area contributed by atoms with Gasteiger partial charge in [-0.1, -0.05) is 6.07 Å². The topological polar surface area (TPSA) is 35.5 Å². The molecule has 0 aromatic heterocycles. The summed E-state index contributed by atoms with van der Waals surface area (Å²) in [5.74, 6) is -0.355. The van der Waals surface area contributed by atoms with Crippen molar-refractivity contribution >= 4 is 5.78 Å². The van der Waals surface area contributed by atoms with E-state index in [0.717, 1.165) is 0 Å². The first-order valence-electron chi connectivity index (χ1n) is 5.80. The van der Waals surface area contributed by atoms with E-state index in [1.54, 1.807) is 6.07 Å². The van der Waals surface area contributed by atoms with Gasteiger partial charge in [-0.2, -0.15) is 0 Å². The highest BCUT2D eigenvalue weighted by atomic mass is 19.1. The molecule has 0 fully saturated rings. The minimum atomic E-state index is -0.459. The first-order chi connectivity index (χ1) is 8.31. The second-order valence-corrected chi connectivity index (χ2v) is 5.09. The van der Waals surface area contributed by atoms with Gasteiger partial charge < -0.3 is 9.47 Å². The van der Waals surface area contributed by atoms with Crippen molar-refractivity contribution in [2.75, 3.05) is 13.7 Å². The molecule has 3 nitrogen and oxygen atoms in total. The zero-order valence-corrected chi connectivity index (χ0v) is 11.2. The summed E-state index contributed by atoms with van der Waals surface area (Å²) in [4.78, 5) is 11.6. The fourth-order valence-corrected chi connectivity index (χ4v) is 1.40. The molecule has 0 aliphatic carbocycles. The SMILES string of the molecule is COc1ccc(CC(=O)COC(C)(C)C)cc1F. The summed E-state index contributed by atoms with van der Waals surface area (Å²) in [7, 11) is 1.40. The van der Waals surface area contributed by atoms with Crippen molar-refractivity contribution in [3.8, 4) is 5.75 Å². The summed E-state index contributed by atoms with van der Waals surface area (Å²) in [5, 5.41) is 0. The fraction of sp³-hybridized carbons (Fsp3) is 0.500. The van der Waals surface area contributed by atoms with Gasteiger partial charge in [-0.05, 0) is 38.5 Å². The van der Waals surface area contributed by atoms with Crippen LogP contribution in [0.5, 0.6) is 5.75 Å². The Morgan fingerprint density at radius 2 is 2.00 bits per heavy atom. The number of carbonyl (C=O) groups is 1. The summed E-state index contributed by atoms with van der Waals surface area (Å²) in [5.41, 5.74) is 0.275. The van der Waals surface area contributed by atoms with Crippen molar-refractivity contribution in [2.24, 2.45) is 0 Å². The Hall–Kier alpha value is -1.42. The van der Waals surface area contributed by atoms with Crippen molar-refractivity contribution in [3.05, 3.63) is 29.6 Å². The van der Waals surface area contributed by atoms with Crippen LogP contribution < -0.4 is 4.74 Å². The number of rotatable bonds is 5. The van der Waals surface area contributed by atoms with Crippen LogP contribution >= 0.6 is 0 Å². The molecule has 1 aromatic rings. The molecule has 4 heteroatoms. The van der Waals surface area contributed by atoms with E-state index >= 15 is 0 Å². The van der Waals surface area contributed by atoms with Gasteiger partial charge in [0.25, 0.3) is 0 Å². The molecule has 0 aliphatic heterocycles. The second kappa shape index (κ2) is 5.96. The maximum atomic E-state index is 13.4. The predicted molar refractivity (Wildman–Crippen MR) is 67.4 cm³/mol. The van der Waals surface area contributed by atoms with E-state index in [9.17, 15) is 9.18 Å². The Labute approximate surface area is 107 Å². The molecule has 0 N–H and O–H groups in total. The van der Waals surface area contributed by atoms with Crippen molar-refractivity contribution in [2.45, 2.75) is 32.8 Å². The molecule has 1 rings (SSSR count). The van der Waals surface area contributed by atoms with Crippen molar-refractivity contribution in [3.63, 3.8) is 0 Å². The molecule has 0 unspecified atom stereocenters. The van der Waals surface area contributed by atoms with E-state index in [1.165, 1.54) is 19.2 Å². The number of ether oxygens (including phenoxy) is 2. The van der Waals surface area contributed by atoms with E-state index in [4.69, 9.17) is 9.47 Å². The molecule has 0 heterocycles. The Bertz CT molecular complexity index is 422. The number of hydrogen-bond acceptors (Lipinski definition) is 3. The summed E-state index contributed by atoms with van der Waals surface area (Å²) in [6.07, 6.45) is 0.164. The van der Waals surface area contributed by atoms with Crippen LogP contribution in [0.2, 0.25) is 0 Å². The predicted octanol–water partition coefficient (Wildman–Crippen LogP) is 2.76. The Morgan fingerprint density at radius 3 is 2.50 bits per heavy atom. The zero-order chi connectivity index (χ0) is 13.8. The Morgan fingerprint density at radius 1 is 1.33 bits per heavy atom. The minimum Gasteiger partial charge on any atom is -0.494 e. The molecule has 100 valence electrons. The highest BCUT2D eigenvalue weighted by molar-refractivity contribution is 5.82. The smallest absolute Gasteiger partial charge is 0.165 e. The third-order valence-corrected chi connectivity index (χ3v) is 2.28. The molecule has 0 aliphatic rings. The Kier molecular flexibility index (Phi) is 4.84. The van der Waals surface area contributed by atoms with Gasteiger partial charge in [0, 0.05) is 6.42 Å². The van der Waals surface area contributed by atoms with E-state index in [-0.39, 0.29) is 30.2 Å². The average molecular weight is 254 g/mol. The number of methoxy groups -OCH3 is 1. The van der Waals surface area contributed by atoms with Crippen LogP contribution in [0.1, 0.15) is 26.3 Å². The van der Waals surface area contributed by atoms with Crippen LogP contribution in [0.15, 0.2) is 18.2 Å². The Balaban J connectivity index is 2.57. The monoisotopic (exact) mass is 254 g/mol. The maximum absolute atomic E-state index is 13.4. The molecule has 0 atom stereocenters. The summed E-state index contributed by atoms with van der Waals surface area (Å²) < 4.78 is 23.6. The van der Waals surface area contributed by atoms with Gasteiger partial charge in [0.05, 0.1) is 12.7 Å². The zero-order valence-electron chi connectivity index (χ0n) is 11.2. The third-order valence-electron chi connectivity index (χ3n) is 2.28. The number of benzene rings is 1. The molecule has 1 aromatic carbocycles. The summed E-state index contributed by atoms with van der Waals surface area (Å²) in [6.45, 7) is 5.69. The lowest BCUT2D eigenvalue weighted by Crippen LogP contribution is -2.24. The van der Waals surface area contributed by atoms with E-state index in [1.807, 2.05) is 20.8 Å². The number of halogens is 1. The van der Waals surface area contributed by atoms with Crippen LogP contribution in [0.3, 0.4) is 0 Å². The minimum absolute atomic E-state index is 0.0388. The lowest BCUT2D eigenvalue weighted by atomic mass is 10.1. The lowest BCUT2D eigenvalue weighted by molar-refractivity contribution is -0.127. The van der Waals surface area contributed by atoms with E-state index in [0.29, 0.717) is 5.56 Å². The molecule has 0 saturated heterocycles. The molecular weight excluding hydrogens is 235 g/mol. The van der Waals surface area contributed by atoms with Crippen LogP contribution in [-0.2, 0) is 16.0 Å². The molecule has 0 amide bonds. The summed E-state index contributed by atoms with van der Waals surface area (Å²) >= 11 is 0. The first kappa shape index (κ1) is 14.6. The molecule has 0 saturated carbocycles. The van der Waals surface area contributed by atoms with E-state index in [2.05, 4.69) is 0 Å². The van der Waals surface area contributed by atoms with E-state index < -0.39 is 5.82 Å². The highest BCUT2D eigenvalue weighted by Gasteiger charge is 2.14. The molecule has 18 heavy (non-hydrogen) atoms. The largest absolute Gasteiger partial charge is 0.494 e. The first-order valence-corrected chi connectivity index (χ1v) is 5.80. The lowest BCUT2D eigenvalue weighted by Gasteiger charge is -2.18. The number of carbonyl (C=O) groups excluding carboxylic acids is 1. The molecule has 0 spiro atoms. The fourth-order valence-electron chi connectivity index (χ4n) is 1.40. The number of hydrogen-bond donors (Lipinski definition) is 0. The van der Waals surface area contributed by atoms with Crippen LogP contribution in [0.25, 0.3) is 0 Å². The normalized spacial score (nSPS) is 11.4. The van der Waals surface area contributed by atoms with Gasteiger partial charge in [-0.25, -0.2) is 4.39 Å². The molecule has 0 bridgehead atoms. The van der Waals surface area contributed by atoms with Crippen molar-refractivity contribution in [1.82, 2.24) is 0 Å². The van der Waals surface area contributed by atoms with Crippen LogP contribution in [-0.4, -0.2) is 25.1 Å². The van der Waals surface area contributed by atoms with Crippen molar-refractivity contribution in [1.29, 1.82) is 0 Å². The van der Waals surface area contributed by atoms with Gasteiger partial charge in [0.2, 0.25) is 0 Å². The number of ketones is 1. The van der Waals surface area contributed by atoms with Gasteiger partial charge in [0.1, 0.15) is 6.61 Å². The highest BCUT2D eigenvalue weighted by Crippen LogP contribution is 2.18. The quantitative estimate of drug-likeness (QED) is 0.810. The van der Waals surface area contributed by atoms with Gasteiger partial charge in [0.15, 0.2) is 17.3 Å². The molecular formula is C14H19FO3. The maximum Gasteiger partial charge on any atom is 0.165 e. The third kappa shape index (κ3) is 4.84. The van der Waals surface area contributed by atoms with Gasteiger partial charge in [-0.3, -0.25) is 4.79 Å². The average Bonchev–Trinajstić information content (AvgIpc) is 2.26. The standard InChI is InChI=1S/C14H19FO3/c1-14(2,3)18-9-11(16)7-10-5-6-13(17-4)12(15)8-10/h5-6,8H,7,9H2,1-4H3. The van der Waals surface area contributed by atoms with Crippen molar-refractivity contribution < 1.29 is 18.7 Å². The van der Waals surface area contributed by atoms with Gasteiger partial charge >= 0.3 is 0 Å². The number of Topliss-reactive ketones (excluding diaryl/α,β-unsaturated/α-hetero) is 1. The second-order valence-electron chi connectivity index (χ2n) is 5.09. The van der Waals surface area contributed by atoms with Crippen LogP contribution in [0.4, 0.5) is 4.39 Å². The summed E-state index contributed by atoms with van der Waals surface area (Å²) in [6, 6.07) is 4.51. The molecule has 0 radical (unpaired) electrons. The van der Waals surface area contributed by atoms with Crippen LogP contribution in [0, 0.1) is 5.82 Å².